The second kappa shape index (κ2) is 5.93. The molecule has 0 saturated heterocycles. The number of nitrogens with one attached hydrogen (secondary N) is 1. The maximum absolute atomic E-state index is 6.01. The van der Waals surface area contributed by atoms with Crippen molar-refractivity contribution in [3.05, 3.63) is 47.4 Å². The molecular weight excluding hydrogens is 409 g/mol. The van der Waals surface area contributed by atoms with Gasteiger partial charge in [-0.15, -0.1) is 11.3 Å². The van der Waals surface area contributed by atoms with Gasteiger partial charge in [-0.25, -0.2) is 0 Å². The minimum Gasteiger partial charge on any atom is -0.380 e. The maximum atomic E-state index is 6.01. The van der Waals surface area contributed by atoms with Crippen molar-refractivity contribution in [1.82, 2.24) is 0 Å². The highest BCUT2D eigenvalue weighted by Gasteiger charge is 2.04. The van der Waals surface area contributed by atoms with E-state index in [1.54, 1.807) is 11.3 Å². The average Bonchev–Trinajstić information content (AvgIpc) is 2.60. The monoisotopic (exact) mass is 413 g/mol. The van der Waals surface area contributed by atoms with E-state index in [1.165, 1.54) is 4.88 Å². The summed E-state index contributed by atoms with van der Waals surface area (Å²) in [6.45, 7) is 0.730. The molecule has 0 aliphatic carbocycles. The van der Waals surface area contributed by atoms with E-state index in [2.05, 4.69) is 37.2 Å². The molecule has 1 heterocycles. The zero-order chi connectivity index (χ0) is 12.4. The molecule has 90 valence electrons. The van der Waals surface area contributed by atoms with Crippen LogP contribution in [0.25, 0.3) is 0 Å². The molecule has 2 aromatic rings. The molecule has 0 unspecified atom stereocenters. The molecule has 0 radical (unpaired) electrons. The van der Waals surface area contributed by atoms with Gasteiger partial charge in [0.2, 0.25) is 0 Å². The Morgan fingerprint density at radius 3 is 2.47 bits per heavy atom. The van der Waals surface area contributed by atoms with Gasteiger partial charge in [0.15, 0.2) is 0 Å². The van der Waals surface area contributed by atoms with Crippen LogP contribution in [0.15, 0.2) is 33.2 Å². The summed E-state index contributed by atoms with van der Waals surface area (Å²) >= 11 is 20.3. The van der Waals surface area contributed by atoms with E-state index < -0.39 is 0 Å². The summed E-state index contributed by atoms with van der Waals surface area (Å²) in [5.41, 5.74) is 0.985. The number of halogens is 4. The first-order chi connectivity index (χ1) is 8.06. The van der Waals surface area contributed by atoms with Gasteiger partial charge in [-0.3, -0.25) is 0 Å². The minimum atomic E-state index is 0.695. The molecule has 2 rings (SSSR count). The van der Waals surface area contributed by atoms with Crippen molar-refractivity contribution in [3.63, 3.8) is 0 Å². The van der Waals surface area contributed by atoms with Crippen LogP contribution in [-0.2, 0) is 6.54 Å². The largest absolute Gasteiger partial charge is 0.380 e. The topological polar surface area (TPSA) is 12.0 Å². The van der Waals surface area contributed by atoms with Crippen molar-refractivity contribution in [2.45, 2.75) is 6.54 Å². The van der Waals surface area contributed by atoms with Crippen molar-refractivity contribution >= 4 is 72.1 Å². The molecule has 1 nitrogen and oxygen atoms in total. The van der Waals surface area contributed by atoms with Crippen molar-refractivity contribution in [1.29, 1.82) is 0 Å². The number of rotatable bonds is 3. The Morgan fingerprint density at radius 2 is 1.88 bits per heavy atom. The second-order valence-electron chi connectivity index (χ2n) is 3.32. The van der Waals surface area contributed by atoms with Gasteiger partial charge >= 0.3 is 0 Å². The van der Waals surface area contributed by atoms with E-state index in [9.17, 15) is 0 Å². The molecular formula is C11H7Br2Cl2NS. The minimum absolute atomic E-state index is 0.695. The summed E-state index contributed by atoms with van der Waals surface area (Å²) in [5.74, 6) is 0. The molecule has 0 aliphatic heterocycles. The van der Waals surface area contributed by atoms with E-state index in [0.29, 0.717) is 5.02 Å². The van der Waals surface area contributed by atoms with Crippen molar-refractivity contribution in [2.24, 2.45) is 0 Å². The number of anilines is 1. The fraction of sp³-hybridized carbons (Fsp3) is 0.0909. The smallest absolute Gasteiger partial charge is 0.107 e. The lowest BCUT2D eigenvalue weighted by atomic mass is 10.3. The predicted octanol–water partition coefficient (Wildman–Crippen LogP) is 6.19. The van der Waals surface area contributed by atoms with Gasteiger partial charge < -0.3 is 5.32 Å². The number of hydrogen-bond donors (Lipinski definition) is 1. The van der Waals surface area contributed by atoms with E-state index in [1.807, 2.05) is 24.3 Å². The molecule has 1 N–H and O–H groups in total. The van der Waals surface area contributed by atoms with Crippen LogP contribution in [0, 0.1) is 0 Å². The first-order valence-electron chi connectivity index (χ1n) is 4.69. The summed E-state index contributed by atoms with van der Waals surface area (Å²) in [4.78, 5) is 1.17. The normalized spacial score (nSPS) is 10.6. The SMILES string of the molecule is Clc1cc(NCc2cc(Br)c(Cl)s2)ccc1Br. The molecule has 17 heavy (non-hydrogen) atoms. The van der Waals surface area contributed by atoms with Crippen LogP contribution in [-0.4, -0.2) is 0 Å². The lowest BCUT2D eigenvalue weighted by molar-refractivity contribution is 1.19. The van der Waals surface area contributed by atoms with E-state index >= 15 is 0 Å². The van der Waals surface area contributed by atoms with Crippen molar-refractivity contribution in [2.75, 3.05) is 5.32 Å². The quantitative estimate of drug-likeness (QED) is 0.630. The fourth-order valence-corrected chi connectivity index (χ4v) is 3.43. The Kier molecular flexibility index (Phi) is 4.78. The zero-order valence-corrected chi connectivity index (χ0v) is 13.9. The second-order valence-corrected chi connectivity index (χ2v) is 7.17. The highest BCUT2D eigenvalue weighted by molar-refractivity contribution is 9.11. The van der Waals surface area contributed by atoms with Gasteiger partial charge in [0.1, 0.15) is 4.34 Å². The summed E-state index contributed by atoms with van der Waals surface area (Å²) < 4.78 is 2.61. The summed E-state index contributed by atoms with van der Waals surface area (Å²) in [6.07, 6.45) is 0. The van der Waals surface area contributed by atoms with Gasteiger partial charge in [-0.2, -0.15) is 0 Å². The highest BCUT2D eigenvalue weighted by atomic mass is 79.9. The molecule has 0 fully saturated rings. The van der Waals surface area contributed by atoms with Crippen molar-refractivity contribution in [3.8, 4) is 0 Å². The molecule has 1 aromatic carbocycles. The lowest BCUT2D eigenvalue weighted by Crippen LogP contribution is -1.96. The Bertz CT molecular complexity index is 523. The van der Waals surface area contributed by atoms with E-state index in [0.717, 1.165) is 25.5 Å². The standard InChI is InChI=1S/C11H7Br2Cl2NS/c12-8-2-1-6(3-10(8)14)16-5-7-4-9(13)11(15)17-7/h1-4,16H,5H2. The Morgan fingerprint density at radius 1 is 1.12 bits per heavy atom. The molecule has 6 heteroatoms. The van der Waals surface area contributed by atoms with E-state index in [-0.39, 0.29) is 0 Å². The van der Waals surface area contributed by atoms with Gasteiger partial charge in [-0.1, -0.05) is 23.2 Å². The summed E-state index contributed by atoms with van der Waals surface area (Å²) in [6, 6.07) is 7.79. The number of thiophene rings is 1. The van der Waals surface area contributed by atoms with Crippen LogP contribution in [0.4, 0.5) is 5.69 Å². The molecule has 0 aliphatic rings. The Labute approximate surface area is 130 Å². The number of hydrogen-bond acceptors (Lipinski definition) is 2. The molecule has 0 saturated carbocycles. The molecule has 0 amide bonds. The molecule has 0 bridgehead atoms. The predicted molar refractivity (Wildman–Crippen MR) is 83.5 cm³/mol. The Balaban J connectivity index is 2.04. The van der Waals surface area contributed by atoms with Crippen LogP contribution < -0.4 is 5.32 Å². The molecule has 1 aromatic heterocycles. The third kappa shape index (κ3) is 3.61. The van der Waals surface area contributed by atoms with Gasteiger partial charge in [-0.05, 0) is 56.1 Å². The molecule has 0 atom stereocenters. The average molecular weight is 416 g/mol. The third-order valence-electron chi connectivity index (χ3n) is 2.08. The molecule has 0 spiro atoms. The van der Waals surface area contributed by atoms with Crippen molar-refractivity contribution < 1.29 is 0 Å². The zero-order valence-electron chi connectivity index (χ0n) is 8.44. The van der Waals surface area contributed by atoms with Crippen LogP contribution in [0.3, 0.4) is 0 Å². The first-order valence-corrected chi connectivity index (χ1v) is 7.85. The third-order valence-corrected chi connectivity index (χ3v) is 5.79. The highest BCUT2D eigenvalue weighted by Crippen LogP contribution is 2.32. The van der Waals surface area contributed by atoms with E-state index in [4.69, 9.17) is 23.2 Å². The summed E-state index contributed by atoms with van der Waals surface area (Å²) in [5, 5.41) is 3.99. The first kappa shape index (κ1) is 13.7. The fourth-order valence-electron chi connectivity index (χ4n) is 1.27. The van der Waals surface area contributed by atoms with Gasteiger partial charge in [0.25, 0.3) is 0 Å². The Hall–Kier alpha value is 0.260. The van der Waals surface area contributed by atoms with Crippen LogP contribution in [0.2, 0.25) is 9.36 Å². The van der Waals surface area contributed by atoms with Crippen LogP contribution in [0.1, 0.15) is 4.88 Å². The summed E-state index contributed by atoms with van der Waals surface area (Å²) in [7, 11) is 0. The van der Waals surface area contributed by atoms with Crippen LogP contribution >= 0.6 is 66.4 Å². The van der Waals surface area contributed by atoms with Gasteiger partial charge in [0, 0.05) is 26.1 Å². The van der Waals surface area contributed by atoms with Gasteiger partial charge in [0.05, 0.1) is 5.02 Å². The number of benzene rings is 1. The lowest BCUT2D eigenvalue weighted by Gasteiger charge is -2.05. The van der Waals surface area contributed by atoms with Crippen LogP contribution in [0.5, 0.6) is 0 Å². The maximum Gasteiger partial charge on any atom is 0.107 e.